The number of rotatable bonds is 4. The molecule has 3 rings (SSSR count). The Hall–Kier alpha value is -3.49. The van der Waals surface area contributed by atoms with Crippen LogP contribution in [0.25, 0.3) is 5.95 Å². The highest BCUT2D eigenvalue weighted by Gasteiger charge is 2.22. The standard InChI is InChI=1S/C21H25FN6O2/c1-12-13(2)24-19(26-18(12)29)28-17(10-16(27-28)21(3,4)5)25-20(30)23-11-14-6-8-15(22)9-7-14/h6-10H,11H2,1-5H3,(H2,23,25,30)(H,24,26,29). The van der Waals surface area contributed by atoms with Gasteiger partial charge < -0.3 is 5.32 Å². The van der Waals surface area contributed by atoms with E-state index in [0.717, 1.165) is 11.3 Å². The Labute approximate surface area is 173 Å². The lowest BCUT2D eigenvalue weighted by Gasteiger charge is -2.14. The molecule has 0 radical (unpaired) electrons. The minimum Gasteiger partial charge on any atom is -0.334 e. The van der Waals surface area contributed by atoms with E-state index in [0.29, 0.717) is 17.1 Å². The summed E-state index contributed by atoms with van der Waals surface area (Å²) in [6.45, 7) is 9.64. The average molecular weight is 412 g/mol. The molecule has 1 aromatic carbocycles. The van der Waals surface area contributed by atoms with Crippen molar-refractivity contribution in [1.29, 1.82) is 0 Å². The SMILES string of the molecule is Cc1nc(-n2nc(C(C)(C)C)cc2NC(=O)NCc2ccc(F)cc2)[nH]c(=O)c1C. The number of aromatic amines is 1. The number of carbonyl (C=O) groups is 1. The van der Waals surface area contributed by atoms with Gasteiger partial charge in [-0.25, -0.2) is 14.2 Å². The summed E-state index contributed by atoms with van der Waals surface area (Å²) in [6.07, 6.45) is 0. The number of urea groups is 1. The molecule has 3 N–H and O–H groups in total. The number of nitrogens with zero attached hydrogens (tertiary/aromatic N) is 3. The Bertz CT molecular complexity index is 1130. The fourth-order valence-electron chi connectivity index (χ4n) is 2.67. The summed E-state index contributed by atoms with van der Waals surface area (Å²) < 4.78 is 14.4. The monoisotopic (exact) mass is 412 g/mol. The molecule has 0 fully saturated rings. The third-order valence-corrected chi connectivity index (χ3v) is 4.67. The molecule has 30 heavy (non-hydrogen) atoms. The number of anilines is 1. The number of amides is 2. The largest absolute Gasteiger partial charge is 0.334 e. The van der Waals surface area contributed by atoms with Gasteiger partial charge in [-0.15, -0.1) is 0 Å². The van der Waals surface area contributed by atoms with Crippen molar-refractivity contribution in [2.24, 2.45) is 0 Å². The minimum atomic E-state index is -0.466. The molecule has 0 aliphatic carbocycles. The van der Waals surface area contributed by atoms with Crippen molar-refractivity contribution in [1.82, 2.24) is 25.1 Å². The molecule has 2 heterocycles. The number of hydrogen-bond donors (Lipinski definition) is 3. The van der Waals surface area contributed by atoms with Crippen molar-refractivity contribution >= 4 is 11.8 Å². The van der Waals surface area contributed by atoms with Crippen LogP contribution in [0.4, 0.5) is 15.0 Å². The maximum atomic E-state index is 13.0. The summed E-state index contributed by atoms with van der Waals surface area (Å²) in [6, 6.07) is 7.14. The van der Waals surface area contributed by atoms with Crippen LogP contribution in [0.3, 0.4) is 0 Å². The van der Waals surface area contributed by atoms with E-state index >= 15 is 0 Å². The van der Waals surface area contributed by atoms with E-state index < -0.39 is 6.03 Å². The van der Waals surface area contributed by atoms with Crippen molar-refractivity contribution < 1.29 is 9.18 Å². The van der Waals surface area contributed by atoms with E-state index in [2.05, 4.69) is 25.7 Å². The summed E-state index contributed by atoms with van der Waals surface area (Å²) in [4.78, 5) is 31.8. The molecule has 0 atom stereocenters. The maximum absolute atomic E-state index is 13.0. The lowest BCUT2D eigenvalue weighted by Crippen LogP contribution is -2.29. The molecule has 8 nitrogen and oxygen atoms in total. The summed E-state index contributed by atoms with van der Waals surface area (Å²) in [5.74, 6) is 0.243. The number of nitrogens with one attached hydrogen (secondary N) is 3. The third kappa shape index (κ3) is 4.73. The number of aryl methyl sites for hydroxylation is 1. The zero-order chi connectivity index (χ0) is 22.1. The number of hydrogen-bond acceptors (Lipinski definition) is 4. The second kappa shape index (κ2) is 8.10. The van der Waals surface area contributed by atoms with E-state index in [4.69, 9.17) is 0 Å². The highest BCUT2D eigenvalue weighted by molar-refractivity contribution is 5.88. The van der Waals surface area contributed by atoms with Crippen molar-refractivity contribution in [2.45, 2.75) is 46.6 Å². The van der Waals surface area contributed by atoms with Crippen LogP contribution in [0.1, 0.15) is 43.3 Å². The first kappa shape index (κ1) is 21.2. The van der Waals surface area contributed by atoms with Crippen molar-refractivity contribution in [3.8, 4) is 5.95 Å². The van der Waals surface area contributed by atoms with Crippen LogP contribution in [0.5, 0.6) is 0 Å². The highest BCUT2D eigenvalue weighted by atomic mass is 19.1. The van der Waals surface area contributed by atoms with Crippen LogP contribution in [-0.4, -0.2) is 25.8 Å². The van der Waals surface area contributed by atoms with Gasteiger partial charge in [-0.3, -0.25) is 15.1 Å². The molecule has 158 valence electrons. The van der Waals surface area contributed by atoms with Crippen LogP contribution < -0.4 is 16.2 Å². The minimum absolute atomic E-state index is 0.215. The van der Waals surface area contributed by atoms with E-state index in [1.165, 1.54) is 16.8 Å². The van der Waals surface area contributed by atoms with E-state index in [1.807, 2.05) is 20.8 Å². The van der Waals surface area contributed by atoms with Crippen molar-refractivity contribution in [3.63, 3.8) is 0 Å². The zero-order valence-electron chi connectivity index (χ0n) is 17.6. The van der Waals surface area contributed by atoms with Gasteiger partial charge in [-0.2, -0.15) is 9.78 Å². The van der Waals surface area contributed by atoms with E-state index in [1.54, 1.807) is 32.0 Å². The van der Waals surface area contributed by atoms with Crippen LogP contribution in [0.15, 0.2) is 35.1 Å². The number of aromatic nitrogens is 4. The molecular formula is C21H25FN6O2. The molecule has 0 saturated carbocycles. The van der Waals surface area contributed by atoms with E-state index in [-0.39, 0.29) is 29.3 Å². The van der Waals surface area contributed by atoms with Gasteiger partial charge in [0.25, 0.3) is 5.56 Å². The topological polar surface area (TPSA) is 105 Å². The highest BCUT2D eigenvalue weighted by Crippen LogP contribution is 2.25. The van der Waals surface area contributed by atoms with Gasteiger partial charge in [0, 0.05) is 29.3 Å². The normalized spacial score (nSPS) is 11.4. The van der Waals surface area contributed by atoms with Crippen LogP contribution >= 0.6 is 0 Å². The molecule has 2 amide bonds. The second-order valence-electron chi connectivity index (χ2n) is 8.11. The predicted molar refractivity (Wildman–Crippen MR) is 112 cm³/mol. The number of H-pyrrole nitrogens is 1. The molecule has 0 aliphatic heterocycles. The van der Waals surface area contributed by atoms with Crippen LogP contribution in [0.2, 0.25) is 0 Å². The Kier molecular flexibility index (Phi) is 5.73. The van der Waals surface area contributed by atoms with Crippen LogP contribution in [-0.2, 0) is 12.0 Å². The van der Waals surface area contributed by atoms with E-state index in [9.17, 15) is 14.0 Å². The number of carbonyl (C=O) groups excluding carboxylic acids is 1. The maximum Gasteiger partial charge on any atom is 0.320 e. The lowest BCUT2D eigenvalue weighted by molar-refractivity contribution is 0.251. The van der Waals surface area contributed by atoms with Gasteiger partial charge in [0.1, 0.15) is 11.6 Å². The predicted octanol–water partition coefficient (Wildman–Crippen LogP) is 3.33. The fraction of sp³-hybridized carbons (Fsp3) is 0.333. The van der Waals surface area contributed by atoms with Crippen molar-refractivity contribution in [3.05, 3.63) is 69.0 Å². The molecule has 3 aromatic rings. The van der Waals surface area contributed by atoms with Gasteiger partial charge >= 0.3 is 6.03 Å². The summed E-state index contributed by atoms with van der Waals surface area (Å²) in [7, 11) is 0. The summed E-state index contributed by atoms with van der Waals surface area (Å²) >= 11 is 0. The van der Waals surface area contributed by atoms with Gasteiger partial charge in [-0.1, -0.05) is 32.9 Å². The number of benzene rings is 1. The first-order valence-electron chi connectivity index (χ1n) is 9.52. The molecule has 0 aliphatic rings. The van der Waals surface area contributed by atoms with Gasteiger partial charge in [0.05, 0.1) is 5.69 Å². The van der Waals surface area contributed by atoms with Gasteiger partial charge in [-0.05, 0) is 31.5 Å². The Morgan fingerprint density at radius 1 is 1.20 bits per heavy atom. The molecule has 2 aromatic heterocycles. The average Bonchev–Trinajstić information content (AvgIpc) is 3.09. The molecular weight excluding hydrogens is 387 g/mol. The quantitative estimate of drug-likeness (QED) is 0.611. The smallest absolute Gasteiger partial charge is 0.320 e. The molecule has 0 saturated heterocycles. The summed E-state index contributed by atoms with van der Waals surface area (Å²) in [5, 5.41) is 10.0. The third-order valence-electron chi connectivity index (χ3n) is 4.67. The molecule has 9 heteroatoms. The van der Waals surface area contributed by atoms with Gasteiger partial charge in [0.15, 0.2) is 0 Å². The molecule has 0 spiro atoms. The fourth-order valence-corrected chi connectivity index (χ4v) is 2.67. The first-order valence-corrected chi connectivity index (χ1v) is 9.52. The number of halogens is 1. The second-order valence-corrected chi connectivity index (χ2v) is 8.11. The Morgan fingerprint density at radius 3 is 2.47 bits per heavy atom. The zero-order valence-corrected chi connectivity index (χ0v) is 17.6. The Balaban J connectivity index is 1.87. The summed E-state index contributed by atoms with van der Waals surface area (Å²) in [5.41, 5.74) is 2.03. The van der Waals surface area contributed by atoms with Crippen LogP contribution in [0, 0.1) is 19.7 Å². The first-order chi connectivity index (χ1) is 14.0. The lowest BCUT2D eigenvalue weighted by atomic mass is 9.92. The van der Waals surface area contributed by atoms with Gasteiger partial charge in [0.2, 0.25) is 5.95 Å². The molecule has 0 bridgehead atoms. The van der Waals surface area contributed by atoms with Crippen molar-refractivity contribution in [2.75, 3.05) is 5.32 Å². The molecule has 0 unspecified atom stereocenters. The Morgan fingerprint density at radius 2 is 1.87 bits per heavy atom.